The minimum absolute atomic E-state index is 0.157. The molecule has 5 nitrogen and oxygen atoms in total. The number of piperazine rings is 1. The summed E-state index contributed by atoms with van der Waals surface area (Å²) < 4.78 is 39.7. The lowest BCUT2D eigenvalue weighted by molar-refractivity contribution is -0.144. The first-order valence-corrected chi connectivity index (χ1v) is 9.34. The van der Waals surface area contributed by atoms with E-state index in [1.807, 2.05) is 0 Å². The average molecular weight is 421 g/mol. The number of nitrogens with zero attached hydrogens (tertiary/aromatic N) is 4. The van der Waals surface area contributed by atoms with Crippen molar-refractivity contribution in [1.82, 2.24) is 14.9 Å². The van der Waals surface area contributed by atoms with Gasteiger partial charge in [-0.3, -0.25) is 4.79 Å². The average Bonchev–Trinajstić information content (AvgIpc) is 2.72. The largest absolute Gasteiger partial charge is 0.451 e. The Morgan fingerprint density at radius 3 is 2.38 bits per heavy atom. The molecule has 4 rings (SSSR count). The van der Waals surface area contributed by atoms with Crippen molar-refractivity contribution in [2.24, 2.45) is 0 Å². The molecule has 2 heterocycles. The van der Waals surface area contributed by atoms with Gasteiger partial charge in [0.1, 0.15) is 5.82 Å². The molecule has 0 unspecified atom stereocenters. The van der Waals surface area contributed by atoms with Gasteiger partial charge in [-0.1, -0.05) is 29.8 Å². The fraction of sp³-hybridized carbons (Fsp3) is 0.250. The van der Waals surface area contributed by atoms with Crippen LogP contribution in [0.4, 0.5) is 19.0 Å². The van der Waals surface area contributed by atoms with Gasteiger partial charge in [0.15, 0.2) is 0 Å². The van der Waals surface area contributed by atoms with Crippen LogP contribution in [0.25, 0.3) is 10.9 Å². The van der Waals surface area contributed by atoms with E-state index in [1.165, 1.54) is 6.07 Å². The molecule has 9 heteroatoms. The van der Waals surface area contributed by atoms with Crippen LogP contribution in [-0.4, -0.2) is 47.0 Å². The van der Waals surface area contributed by atoms with Crippen LogP contribution in [0.5, 0.6) is 0 Å². The predicted molar refractivity (Wildman–Crippen MR) is 104 cm³/mol. The van der Waals surface area contributed by atoms with Gasteiger partial charge in [0.25, 0.3) is 5.91 Å². The summed E-state index contributed by atoms with van der Waals surface area (Å²) in [5.74, 6) is -1.09. The zero-order valence-corrected chi connectivity index (χ0v) is 15.9. The van der Waals surface area contributed by atoms with Gasteiger partial charge < -0.3 is 9.80 Å². The number of carbonyl (C=O) groups excluding carboxylic acids is 1. The van der Waals surface area contributed by atoms with Crippen LogP contribution >= 0.6 is 11.6 Å². The van der Waals surface area contributed by atoms with Crippen molar-refractivity contribution in [3.05, 3.63) is 64.9 Å². The van der Waals surface area contributed by atoms with E-state index in [4.69, 9.17) is 11.6 Å². The molecule has 150 valence electrons. The normalized spacial score (nSPS) is 15.0. The van der Waals surface area contributed by atoms with E-state index in [9.17, 15) is 18.0 Å². The summed E-state index contributed by atoms with van der Waals surface area (Å²) in [6, 6.07) is 13.3. The molecule has 1 amide bonds. The molecular formula is C20H16ClF3N4O. The van der Waals surface area contributed by atoms with Crippen LogP contribution < -0.4 is 4.90 Å². The highest BCUT2D eigenvalue weighted by molar-refractivity contribution is 6.30. The third-order valence-electron chi connectivity index (χ3n) is 4.77. The van der Waals surface area contributed by atoms with Gasteiger partial charge in [0.2, 0.25) is 5.82 Å². The van der Waals surface area contributed by atoms with Crippen molar-refractivity contribution in [3.63, 3.8) is 0 Å². The Kier molecular flexibility index (Phi) is 5.04. The molecule has 0 spiro atoms. The Morgan fingerprint density at radius 1 is 0.966 bits per heavy atom. The second kappa shape index (κ2) is 7.51. The number of hydrogen-bond donors (Lipinski definition) is 0. The number of carbonyl (C=O) groups is 1. The maximum Gasteiger partial charge on any atom is 0.451 e. The van der Waals surface area contributed by atoms with Crippen LogP contribution in [-0.2, 0) is 6.18 Å². The van der Waals surface area contributed by atoms with E-state index in [1.54, 1.807) is 52.3 Å². The lowest BCUT2D eigenvalue weighted by Crippen LogP contribution is -2.49. The van der Waals surface area contributed by atoms with Gasteiger partial charge in [0, 0.05) is 42.2 Å². The highest BCUT2D eigenvalue weighted by Crippen LogP contribution is 2.32. The maximum atomic E-state index is 13.2. The molecule has 0 saturated carbocycles. The van der Waals surface area contributed by atoms with Crippen LogP contribution in [0.2, 0.25) is 5.02 Å². The highest BCUT2D eigenvalue weighted by Gasteiger charge is 2.36. The Balaban J connectivity index is 1.58. The van der Waals surface area contributed by atoms with Gasteiger partial charge in [-0.25, -0.2) is 9.97 Å². The molecule has 1 aromatic heterocycles. The van der Waals surface area contributed by atoms with Crippen LogP contribution in [0, 0.1) is 0 Å². The number of anilines is 1. The molecule has 0 aliphatic carbocycles. The van der Waals surface area contributed by atoms with E-state index in [-0.39, 0.29) is 17.2 Å². The number of alkyl halides is 3. The summed E-state index contributed by atoms with van der Waals surface area (Å²) in [7, 11) is 0. The van der Waals surface area contributed by atoms with Crippen molar-refractivity contribution in [2.75, 3.05) is 31.1 Å². The zero-order valence-electron chi connectivity index (χ0n) is 15.2. The molecule has 3 aromatic rings. The van der Waals surface area contributed by atoms with E-state index in [2.05, 4.69) is 9.97 Å². The summed E-state index contributed by atoms with van der Waals surface area (Å²) in [5, 5.41) is 1.02. The minimum atomic E-state index is -4.64. The Hall–Kier alpha value is -2.87. The van der Waals surface area contributed by atoms with Crippen molar-refractivity contribution < 1.29 is 18.0 Å². The van der Waals surface area contributed by atoms with Crippen LogP contribution in [0.1, 0.15) is 16.2 Å². The SMILES string of the molecule is O=C(c1cccc(Cl)c1)N1CCN(c2nc(C(F)(F)F)nc3ccccc23)CC1. The molecule has 0 N–H and O–H groups in total. The molecule has 2 aromatic carbocycles. The van der Waals surface area contributed by atoms with Crippen LogP contribution in [0.15, 0.2) is 48.5 Å². The van der Waals surface area contributed by atoms with Gasteiger partial charge in [0.05, 0.1) is 5.52 Å². The van der Waals surface area contributed by atoms with Crippen LogP contribution in [0.3, 0.4) is 0 Å². The maximum absolute atomic E-state index is 13.2. The second-order valence-electron chi connectivity index (χ2n) is 6.68. The van der Waals surface area contributed by atoms with Gasteiger partial charge >= 0.3 is 6.18 Å². The summed E-state index contributed by atoms with van der Waals surface area (Å²) in [5.41, 5.74) is 0.722. The number of aromatic nitrogens is 2. The second-order valence-corrected chi connectivity index (χ2v) is 7.11. The summed E-state index contributed by atoms with van der Waals surface area (Å²) >= 11 is 5.95. The number of halogens is 4. The minimum Gasteiger partial charge on any atom is -0.352 e. The lowest BCUT2D eigenvalue weighted by Gasteiger charge is -2.36. The topological polar surface area (TPSA) is 49.3 Å². The quantitative estimate of drug-likeness (QED) is 0.621. The smallest absolute Gasteiger partial charge is 0.352 e. The van der Waals surface area contributed by atoms with Crippen molar-refractivity contribution >= 4 is 34.2 Å². The third kappa shape index (κ3) is 3.98. The number of hydrogen-bond acceptors (Lipinski definition) is 4. The van der Waals surface area contributed by atoms with E-state index < -0.39 is 12.0 Å². The Labute approximate surface area is 169 Å². The van der Waals surface area contributed by atoms with E-state index in [0.717, 1.165) is 0 Å². The number of fused-ring (bicyclic) bond motifs is 1. The highest BCUT2D eigenvalue weighted by atomic mass is 35.5. The van der Waals surface area contributed by atoms with E-state index in [0.29, 0.717) is 42.2 Å². The first kappa shape index (κ1) is 19.4. The van der Waals surface area contributed by atoms with Crippen molar-refractivity contribution in [2.45, 2.75) is 6.18 Å². The molecule has 0 atom stereocenters. The Bertz CT molecular complexity index is 1070. The molecule has 1 fully saturated rings. The monoisotopic (exact) mass is 420 g/mol. The fourth-order valence-corrected chi connectivity index (χ4v) is 3.54. The van der Waals surface area contributed by atoms with Crippen molar-refractivity contribution in [1.29, 1.82) is 0 Å². The van der Waals surface area contributed by atoms with Gasteiger partial charge in [-0.2, -0.15) is 13.2 Å². The number of rotatable bonds is 2. The van der Waals surface area contributed by atoms with Gasteiger partial charge in [-0.15, -0.1) is 0 Å². The van der Waals surface area contributed by atoms with Crippen molar-refractivity contribution in [3.8, 4) is 0 Å². The molecule has 29 heavy (non-hydrogen) atoms. The first-order valence-electron chi connectivity index (χ1n) is 8.97. The summed E-state index contributed by atoms with van der Waals surface area (Å²) in [6.07, 6.45) is -4.64. The zero-order chi connectivity index (χ0) is 20.6. The predicted octanol–water partition coefficient (Wildman–Crippen LogP) is 4.26. The molecular weight excluding hydrogens is 405 g/mol. The summed E-state index contributed by atoms with van der Waals surface area (Å²) in [6.45, 7) is 1.46. The molecule has 1 aliphatic rings. The number of para-hydroxylation sites is 1. The van der Waals surface area contributed by atoms with E-state index >= 15 is 0 Å². The number of amides is 1. The molecule has 0 bridgehead atoms. The standard InChI is InChI=1S/C20H16ClF3N4O/c21-14-5-3-4-13(12-14)18(29)28-10-8-27(9-11-28)17-15-6-1-2-7-16(15)25-19(26-17)20(22,23)24/h1-7,12H,8-11H2. The molecule has 0 radical (unpaired) electrons. The Morgan fingerprint density at radius 2 is 1.69 bits per heavy atom. The number of benzene rings is 2. The summed E-state index contributed by atoms with van der Waals surface area (Å²) in [4.78, 5) is 23.6. The fourth-order valence-electron chi connectivity index (χ4n) is 3.35. The lowest BCUT2D eigenvalue weighted by atomic mass is 10.1. The van der Waals surface area contributed by atoms with Gasteiger partial charge in [-0.05, 0) is 30.3 Å². The molecule has 1 aliphatic heterocycles. The molecule has 1 saturated heterocycles. The first-order chi connectivity index (χ1) is 13.8. The third-order valence-corrected chi connectivity index (χ3v) is 5.01.